The maximum Gasteiger partial charge on any atom is 0.332 e. The highest BCUT2D eigenvalue weighted by Crippen LogP contribution is 2.16. The van der Waals surface area contributed by atoms with E-state index in [-0.39, 0.29) is 5.65 Å². The molecule has 34 heavy (non-hydrogen) atoms. The first-order valence-corrected chi connectivity index (χ1v) is 10.7. The normalized spacial score (nSPS) is 11.4. The lowest BCUT2D eigenvalue weighted by atomic mass is 10.2. The van der Waals surface area contributed by atoms with E-state index < -0.39 is 11.2 Å². The number of fused-ring (bicyclic) bond motifs is 1. The summed E-state index contributed by atoms with van der Waals surface area (Å²) < 4.78 is 15.0. The minimum absolute atomic E-state index is 0.279. The van der Waals surface area contributed by atoms with Gasteiger partial charge in [-0.2, -0.15) is 10.1 Å². The topological polar surface area (TPSA) is 105 Å². The Morgan fingerprint density at radius 2 is 1.76 bits per heavy atom. The molecule has 0 aliphatic carbocycles. The third kappa shape index (κ3) is 4.76. The van der Waals surface area contributed by atoms with Crippen LogP contribution in [-0.2, 0) is 32.0 Å². The molecule has 0 radical (unpaired) electrons. The first kappa shape index (κ1) is 23.0. The van der Waals surface area contributed by atoms with Crippen molar-refractivity contribution < 1.29 is 9.47 Å². The molecule has 0 aliphatic rings. The number of hydrogen-bond acceptors (Lipinski definition) is 7. The Bertz CT molecular complexity index is 1420. The van der Waals surface area contributed by atoms with E-state index in [4.69, 9.17) is 9.47 Å². The molecule has 2 aromatic carbocycles. The molecular formula is C24H26N6O4. The molecule has 0 bridgehead atoms. The zero-order valence-corrected chi connectivity index (χ0v) is 19.3. The molecule has 1 N–H and O–H groups in total. The molecule has 0 atom stereocenters. The van der Waals surface area contributed by atoms with Crippen LogP contribution in [-0.4, -0.2) is 38.6 Å². The average molecular weight is 463 g/mol. The number of imidazole rings is 1. The van der Waals surface area contributed by atoms with Crippen LogP contribution in [0.2, 0.25) is 0 Å². The quantitative estimate of drug-likeness (QED) is 0.302. The van der Waals surface area contributed by atoms with Crippen molar-refractivity contribution >= 4 is 23.3 Å². The fourth-order valence-electron chi connectivity index (χ4n) is 3.49. The summed E-state index contributed by atoms with van der Waals surface area (Å²) in [5.74, 6) is 1.09. The van der Waals surface area contributed by atoms with E-state index in [1.807, 2.05) is 54.6 Å². The Labute approximate surface area is 195 Å². The van der Waals surface area contributed by atoms with E-state index in [2.05, 4.69) is 15.5 Å². The summed E-state index contributed by atoms with van der Waals surface area (Å²) in [7, 11) is 4.59. The van der Waals surface area contributed by atoms with Gasteiger partial charge in [-0.1, -0.05) is 30.3 Å². The summed E-state index contributed by atoms with van der Waals surface area (Å²) in [6.45, 7) is 1.22. The zero-order valence-electron chi connectivity index (χ0n) is 19.3. The maximum atomic E-state index is 12.7. The Morgan fingerprint density at radius 3 is 2.47 bits per heavy atom. The largest absolute Gasteiger partial charge is 0.489 e. The lowest BCUT2D eigenvalue weighted by Crippen LogP contribution is -2.37. The fraction of sp³-hybridized carbons (Fsp3) is 0.250. The number of nitrogens with one attached hydrogen (secondary N) is 1. The van der Waals surface area contributed by atoms with Crippen molar-refractivity contribution in [1.29, 1.82) is 0 Å². The van der Waals surface area contributed by atoms with Crippen LogP contribution in [0.1, 0.15) is 11.1 Å². The van der Waals surface area contributed by atoms with Crippen LogP contribution >= 0.6 is 0 Å². The smallest absolute Gasteiger partial charge is 0.332 e. The van der Waals surface area contributed by atoms with E-state index in [1.54, 1.807) is 24.9 Å². The molecule has 176 valence electrons. The highest BCUT2D eigenvalue weighted by Gasteiger charge is 2.18. The van der Waals surface area contributed by atoms with Crippen molar-refractivity contribution in [1.82, 2.24) is 18.7 Å². The average Bonchev–Trinajstić information content (AvgIpc) is 3.23. The van der Waals surface area contributed by atoms with Crippen molar-refractivity contribution in [3.63, 3.8) is 0 Å². The summed E-state index contributed by atoms with van der Waals surface area (Å²) in [4.78, 5) is 29.5. The molecule has 0 amide bonds. The summed E-state index contributed by atoms with van der Waals surface area (Å²) in [6, 6.07) is 17.5. The number of ether oxygens (including phenoxy) is 2. The van der Waals surface area contributed by atoms with Crippen LogP contribution in [0.5, 0.6) is 5.75 Å². The summed E-state index contributed by atoms with van der Waals surface area (Å²) >= 11 is 0. The SMILES string of the molecule is COCCn1c(N/N=C\c2ccc(OCc3ccccc3)cc2)nc2c1c(=O)n(C)c(=O)n2C. The molecule has 2 aromatic heterocycles. The molecule has 0 spiro atoms. The number of aryl methyl sites for hydroxylation is 1. The number of nitrogens with zero attached hydrogens (tertiary/aromatic N) is 5. The second kappa shape index (κ2) is 10.2. The van der Waals surface area contributed by atoms with Crippen LogP contribution in [0.25, 0.3) is 11.2 Å². The minimum Gasteiger partial charge on any atom is -0.489 e. The van der Waals surface area contributed by atoms with Crippen LogP contribution in [0, 0.1) is 0 Å². The third-order valence-corrected chi connectivity index (χ3v) is 5.37. The molecular weight excluding hydrogens is 436 g/mol. The van der Waals surface area contributed by atoms with Gasteiger partial charge in [-0.15, -0.1) is 0 Å². The summed E-state index contributed by atoms with van der Waals surface area (Å²) in [5, 5.41) is 4.27. The number of methoxy groups -OCH3 is 1. The monoisotopic (exact) mass is 462 g/mol. The van der Waals surface area contributed by atoms with Crippen molar-refractivity contribution in [2.75, 3.05) is 19.1 Å². The van der Waals surface area contributed by atoms with Gasteiger partial charge in [0.1, 0.15) is 12.4 Å². The standard InChI is InChI=1S/C24H26N6O4/c1-28-21-20(22(31)29(2)24(28)32)30(13-14-33-3)23(26-21)27-25-15-17-9-11-19(12-10-17)34-16-18-7-5-4-6-8-18/h4-12,15H,13-14,16H2,1-3H3,(H,26,27)/b25-15-. The van der Waals surface area contributed by atoms with Gasteiger partial charge < -0.3 is 14.0 Å². The Balaban J connectivity index is 1.52. The van der Waals surface area contributed by atoms with Gasteiger partial charge in [-0.3, -0.25) is 13.9 Å². The molecule has 2 heterocycles. The zero-order chi connectivity index (χ0) is 24.1. The van der Waals surface area contributed by atoms with Gasteiger partial charge in [0.2, 0.25) is 5.95 Å². The summed E-state index contributed by atoms with van der Waals surface area (Å²) in [6.07, 6.45) is 1.64. The number of hydrazone groups is 1. The van der Waals surface area contributed by atoms with Crippen molar-refractivity contribution in [2.24, 2.45) is 19.2 Å². The van der Waals surface area contributed by atoms with E-state index in [1.165, 1.54) is 11.6 Å². The van der Waals surface area contributed by atoms with Gasteiger partial charge in [0.15, 0.2) is 11.2 Å². The van der Waals surface area contributed by atoms with Gasteiger partial charge in [0.05, 0.1) is 12.8 Å². The maximum absolute atomic E-state index is 12.7. The lowest BCUT2D eigenvalue weighted by Gasteiger charge is -2.08. The van der Waals surface area contributed by atoms with Gasteiger partial charge in [-0.25, -0.2) is 10.2 Å². The number of hydrogen-bond donors (Lipinski definition) is 1. The second-order valence-corrected chi connectivity index (χ2v) is 7.67. The highest BCUT2D eigenvalue weighted by molar-refractivity contribution is 5.80. The predicted octanol–water partition coefficient (Wildman–Crippen LogP) is 2.11. The number of rotatable bonds is 9. The second-order valence-electron chi connectivity index (χ2n) is 7.67. The molecule has 0 unspecified atom stereocenters. The fourth-order valence-corrected chi connectivity index (χ4v) is 3.49. The molecule has 10 heteroatoms. The highest BCUT2D eigenvalue weighted by atomic mass is 16.5. The third-order valence-electron chi connectivity index (χ3n) is 5.37. The Hall–Kier alpha value is -4.18. The van der Waals surface area contributed by atoms with E-state index >= 15 is 0 Å². The van der Waals surface area contributed by atoms with Crippen molar-refractivity contribution in [3.8, 4) is 5.75 Å². The first-order chi connectivity index (χ1) is 16.5. The lowest BCUT2D eigenvalue weighted by molar-refractivity contribution is 0.188. The van der Waals surface area contributed by atoms with Gasteiger partial charge in [-0.05, 0) is 35.4 Å². The molecule has 4 aromatic rings. The first-order valence-electron chi connectivity index (χ1n) is 10.7. The molecule has 0 fully saturated rings. The Morgan fingerprint density at radius 1 is 1.03 bits per heavy atom. The molecule has 10 nitrogen and oxygen atoms in total. The number of benzene rings is 2. The van der Waals surface area contributed by atoms with E-state index in [0.717, 1.165) is 21.4 Å². The van der Waals surface area contributed by atoms with E-state index in [0.29, 0.717) is 31.2 Å². The van der Waals surface area contributed by atoms with Crippen molar-refractivity contribution in [2.45, 2.75) is 13.2 Å². The molecule has 0 saturated heterocycles. The van der Waals surface area contributed by atoms with E-state index in [9.17, 15) is 9.59 Å². The van der Waals surface area contributed by atoms with Gasteiger partial charge >= 0.3 is 5.69 Å². The Kier molecular flexibility index (Phi) is 6.88. The molecule has 0 aliphatic heterocycles. The van der Waals surface area contributed by atoms with Crippen LogP contribution in [0.3, 0.4) is 0 Å². The van der Waals surface area contributed by atoms with Crippen LogP contribution in [0.4, 0.5) is 5.95 Å². The minimum atomic E-state index is -0.446. The van der Waals surface area contributed by atoms with Gasteiger partial charge in [0, 0.05) is 27.7 Å². The molecule has 4 rings (SSSR count). The molecule has 0 saturated carbocycles. The van der Waals surface area contributed by atoms with Gasteiger partial charge in [0.25, 0.3) is 5.56 Å². The summed E-state index contributed by atoms with van der Waals surface area (Å²) in [5.41, 5.74) is 4.55. The number of anilines is 1. The van der Waals surface area contributed by atoms with Crippen LogP contribution < -0.4 is 21.4 Å². The van der Waals surface area contributed by atoms with Crippen molar-refractivity contribution in [3.05, 3.63) is 86.6 Å². The number of aromatic nitrogens is 4. The predicted molar refractivity (Wildman–Crippen MR) is 131 cm³/mol. The van der Waals surface area contributed by atoms with Crippen LogP contribution in [0.15, 0.2) is 69.3 Å².